The van der Waals surface area contributed by atoms with Gasteiger partial charge in [0.05, 0.1) is 12.5 Å². The third-order valence-electron chi connectivity index (χ3n) is 3.21. The molecule has 0 bridgehead atoms. The zero-order valence-corrected chi connectivity index (χ0v) is 10.4. The average molecular weight is 270 g/mol. The van der Waals surface area contributed by atoms with Crippen LogP contribution in [0.3, 0.4) is 0 Å². The lowest BCUT2D eigenvalue weighted by molar-refractivity contribution is -0.139. The number of hydrogen-bond donors (Lipinski definition) is 1. The maximum atomic E-state index is 12.1. The number of amides is 1. The molecule has 0 aliphatic carbocycles. The molecule has 1 amide bonds. The molecule has 0 aromatic carbocycles. The molecular weight excluding hydrogens is 252 g/mol. The van der Waals surface area contributed by atoms with Gasteiger partial charge in [-0.3, -0.25) is 9.69 Å². The van der Waals surface area contributed by atoms with Gasteiger partial charge in [0.1, 0.15) is 0 Å². The normalized spacial score (nSPS) is 22.2. The quantitative estimate of drug-likeness (QED) is 0.786. The number of nitrogens with one attached hydrogen (secondary N) is 1. The molecule has 17 heavy (non-hydrogen) atoms. The van der Waals surface area contributed by atoms with Gasteiger partial charge in [0.15, 0.2) is 0 Å². The second kappa shape index (κ2) is 6.47. The maximum absolute atomic E-state index is 12.1. The van der Waals surface area contributed by atoms with Crippen molar-refractivity contribution in [3.05, 3.63) is 0 Å². The monoisotopic (exact) mass is 269 g/mol. The van der Waals surface area contributed by atoms with E-state index in [0.717, 1.165) is 13.1 Å². The number of alkyl halides is 2. The molecule has 0 radical (unpaired) electrons. The Bertz CT molecular complexity index is 256. The van der Waals surface area contributed by atoms with E-state index < -0.39 is 6.43 Å². The van der Waals surface area contributed by atoms with Crippen molar-refractivity contribution in [2.45, 2.75) is 6.43 Å². The molecule has 7 heteroatoms. The van der Waals surface area contributed by atoms with Gasteiger partial charge in [-0.1, -0.05) is 0 Å². The molecule has 2 heterocycles. The summed E-state index contributed by atoms with van der Waals surface area (Å²) in [7, 11) is 0. The molecular formula is C10H18ClF2N3O. The minimum absolute atomic E-state index is 0. The van der Waals surface area contributed by atoms with Crippen LogP contribution in [0.1, 0.15) is 0 Å². The Kier molecular flexibility index (Phi) is 5.55. The van der Waals surface area contributed by atoms with Crippen molar-refractivity contribution in [1.82, 2.24) is 15.1 Å². The first-order chi connectivity index (χ1) is 7.66. The minimum Gasteiger partial charge on any atom is -0.340 e. The van der Waals surface area contributed by atoms with Gasteiger partial charge in [-0.25, -0.2) is 8.78 Å². The van der Waals surface area contributed by atoms with Crippen LogP contribution in [0.25, 0.3) is 0 Å². The lowest BCUT2D eigenvalue weighted by Crippen LogP contribution is -2.56. The molecule has 2 aliphatic rings. The van der Waals surface area contributed by atoms with Gasteiger partial charge in [-0.2, -0.15) is 0 Å². The fraction of sp³-hybridized carbons (Fsp3) is 0.900. The number of hydrogen-bond acceptors (Lipinski definition) is 3. The minimum atomic E-state index is -2.28. The van der Waals surface area contributed by atoms with E-state index in [-0.39, 0.29) is 30.8 Å². The second-order valence-electron chi connectivity index (χ2n) is 4.37. The molecule has 0 aromatic rings. The summed E-state index contributed by atoms with van der Waals surface area (Å²) in [5.74, 6) is 0.289. The van der Waals surface area contributed by atoms with Gasteiger partial charge in [-0.05, 0) is 0 Å². The van der Waals surface area contributed by atoms with E-state index >= 15 is 0 Å². The zero-order chi connectivity index (χ0) is 11.5. The van der Waals surface area contributed by atoms with Crippen molar-refractivity contribution in [1.29, 1.82) is 0 Å². The third-order valence-corrected chi connectivity index (χ3v) is 3.21. The summed E-state index contributed by atoms with van der Waals surface area (Å²) in [6.07, 6.45) is -2.28. The van der Waals surface area contributed by atoms with Crippen molar-refractivity contribution in [3.8, 4) is 0 Å². The summed E-state index contributed by atoms with van der Waals surface area (Å²) in [6.45, 7) is 3.65. The van der Waals surface area contributed by atoms with E-state index in [1.165, 1.54) is 0 Å². The summed E-state index contributed by atoms with van der Waals surface area (Å²) in [6, 6.07) is 0. The van der Waals surface area contributed by atoms with Gasteiger partial charge in [0.2, 0.25) is 5.91 Å². The fourth-order valence-electron chi connectivity index (χ4n) is 2.07. The highest BCUT2D eigenvalue weighted by atomic mass is 35.5. The number of carbonyl (C=O) groups excluding carboxylic acids is 1. The van der Waals surface area contributed by atoms with E-state index in [9.17, 15) is 13.6 Å². The third kappa shape index (κ3) is 3.76. The topological polar surface area (TPSA) is 35.6 Å². The van der Waals surface area contributed by atoms with E-state index in [0.29, 0.717) is 26.2 Å². The molecule has 0 spiro atoms. The number of carbonyl (C=O) groups is 1. The smallest absolute Gasteiger partial charge is 0.251 e. The molecule has 4 nitrogen and oxygen atoms in total. The van der Waals surface area contributed by atoms with Crippen LogP contribution in [0.5, 0.6) is 0 Å². The van der Waals surface area contributed by atoms with Gasteiger partial charge < -0.3 is 10.2 Å². The first kappa shape index (κ1) is 14.6. The highest BCUT2D eigenvalue weighted by molar-refractivity contribution is 5.85. The van der Waals surface area contributed by atoms with Crippen LogP contribution in [0, 0.1) is 5.92 Å². The molecule has 100 valence electrons. The molecule has 2 rings (SSSR count). The summed E-state index contributed by atoms with van der Waals surface area (Å²) in [4.78, 5) is 15.3. The van der Waals surface area contributed by atoms with Gasteiger partial charge in [-0.15, -0.1) is 12.4 Å². The molecule has 0 saturated carbocycles. The Morgan fingerprint density at radius 1 is 1.24 bits per heavy atom. The van der Waals surface area contributed by atoms with E-state index in [4.69, 9.17) is 0 Å². The molecule has 0 unspecified atom stereocenters. The first-order valence-electron chi connectivity index (χ1n) is 5.67. The molecule has 1 N–H and O–H groups in total. The van der Waals surface area contributed by atoms with Crippen molar-refractivity contribution in [2.24, 2.45) is 5.92 Å². The molecule has 2 fully saturated rings. The van der Waals surface area contributed by atoms with E-state index in [1.807, 2.05) is 0 Å². The van der Waals surface area contributed by atoms with Crippen molar-refractivity contribution in [3.63, 3.8) is 0 Å². The Balaban J connectivity index is 0.00000144. The van der Waals surface area contributed by atoms with Crippen LogP contribution in [-0.4, -0.2) is 67.9 Å². The number of rotatable bonds is 3. The van der Waals surface area contributed by atoms with Gasteiger partial charge in [0, 0.05) is 39.3 Å². The predicted octanol–water partition coefficient (Wildman–Crippen LogP) is 0.0369. The average Bonchev–Trinajstić information content (AvgIpc) is 2.15. The van der Waals surface area contributed by atoms with Crippen LogP contribution in [0.4, 0.5) is 8.78 Å². The van der Waals surface area contributed by atoms with Crippen LogP contribution >= 0.6 is 12.4 Å². The number of piperazine rings is 1. The predicted molar refractivity (Wildman–Crippen MR) is 62.6 cm³/mol. The van der Waals surface area contributed by atoms with Crippen LogP contribution in [0.15, 0.2) is 0 Å². The van der Waals surface area contributed by atoms with Gasteiger partial charge >= 0.3 is 0 Å². The lowest BCUT2D eigenvalue weighted by atomic mass is 10.0. The first-order valence-corrected chi connectivity index (χ1v) is 5.67. The Hall–Kier alpha value is -0.460. The Labute approximate surface area is 106 Å². The highest BCUT2D eigenvalue weighted by Gasteiger charge is 2.31. The fourth-order valence-corrected chi connectivity index (χ4v) is 2.07. The SMILES string of the molecule is Cl.O=C(C1CNC1)N1CCN(CC(F)F)CC1. The number of nitrogens with zero attached hydrogens (tertiary/aromatic N) is 2. The molecule has 2 aliphatic heterocycles. The van der Waals surface area contributed by atoms with Crippen molar-refractivity contribution < 1.29 is 13.6 Å². The van der Waals surface area contributed by atoms with E-state index in [1.54, 1.807) is 9.80 Å². The largest absolute Gasteiger partial charge is 0.340 e. The Morgan fingerprint density at radius 2 is 1.82 bits per heavy atom. The summed E-state index contributed by atoms with van der Waals surface area (Å²) >= 11 is 0. The summed E-state index contributed by atoms with van der Waals surface area (Å²) < 4.78 is 24.3. The van der Waals surface area contributed by atoms with Gasteiger partial charge in [0.25, 0.3) is 6.43 Å². The number of halogens is 3. The standard InChI is InChI=1S/C10H17F2N3O.ClH/c11-9(12)7-14-1-3-15(4-2-14)10(16)8-5-13-6-8;/h8-9,13H,1-7H2;1H. The van der Waals surface area contributed by atoms with Crippen LogP contribution in [0.2, 0.25) is 0 Å². The van der Waals surface area contributed by atoms with Crippen molar-refractivity contribution in [2.75, 3.05) is 45.8 Å². The maximum Gasteiger partial charge on any atom is 0.251 e. The molecule has 0 atom stereocenters. The lowest BCUT2D eigenvalue weighted by Gasteiger charge is -2.38. The van der Waals surface area contributed by atoms with Crippen LogP contribution < -0.4 is 5.32 Å². The van der Waals surface area contributed by atoms with Crippen LogP contribution in [-0.2, 0) is 4.79 Å². The summed E-state index contributed by atoms with van der Waals surface area (Å²) in [5.41, 5.74) is 0. The Morgan fingerprint density at radius 3 is 2.24 bits per heavy atom. The van der Waals surface area contributed by atoms with E-state index in [2.05, 4.69) is 5.32 Å². The zero-order valence-electron chi connectivity index (χ0n) is 9.57. The second-order valence-corrected chi connectivity index (χ2v) is 4.37. The molecule has 0 aromatic heterocycles. The van der Waals surface area contributed by atoms with Crippen molar-refractivity contribution >= 4 is 18.3 Å². The summed E-state index contributed by atoms with van der Waals surface area (Å²) in [5, 5.41) is 3.06. The highest BCUT2D eigenvalue weighted by Crippen LogP contribution is 2.11. The molecule has 2 saturated heterocycles.